The minimum atomic E-state index is -1.03. The third-order valence-electron chi connectivity index (χ3n) is 3.21. The summed E-state index contributed by atoms with van der Waals surface area (Å²) in [4.78, 5) is 4.41. The summed E-state index contributed by atoms with van der Waals surface area (Å²) < 4.78 is 0. The van der Waals surface area contributed by atoms with Gasteiger partial charge < -0.3 is 5.11 Å². The third kappa shape index (κ3) is 1.91. The average Bonchev–Trinajstić information content (AvgIpc) is 2.31. The van der Waals surface area contributed by atoms with Gasteiger partial charge >= 0.3 is 0 Å². The van der Waals surface area contributed by atoms with Crippen molar-refractivity contribution in [2.45, 2.75) is 37.4 Å². The maximum atomic E-state index is 10.5. The first kappa shape index (κ1) is 10.6. The van der Waals surface area contributed by atoms with Crippen molar-refractivity contribution in [1.82, 2.24) is 0 Å². The number of aliphatic hydroxyl groups is 1. The van der Waals surface area contributed by atoms with Gasteiger partial charge in [-0.3, -0.25) is 5.26 Å². The summed E-state index contributed by atoms with van der Waals surface area (Å²) in [6, 6.07) is 9.42. The molecule has 0 heterocycles. The summed E-state index contributed by atoms with van der Waals surface area (Å²) in [7, 11) is 0. The van der Waals surface area contributed by atoms with Crippen molar-refractivity contribution in [3.05, 3.63) is 35.9 Å². The maximum Gasteiger partial charge on any atom is 0.125 e. The van der Waals surface area contributed by atoms with E-state index in [1.165, 1.54) is 0 Å². The van der Waals surface area contributed by atoms with Gasteiger partial charge in [0.2, 0.25) is 0 Å². The highest BCUT2D eigenvalue weighted by molar-refractivity contribution is 5.24. The fourth-order valence-electron chi connectivity index (χ4n) is 2.32. The third-order valence-corrected chi connectivity index (χ3v) is 3.21. The Kier molecular flexibility index (Phi) is 3.05. The predicted octanol–water partition coefficient (Wildman–Crippen LogP) is 2.31. The fourth-order valence-corrected chi connectivity index (χ4v) is 2.32. The van der Waals surface area contributed by atoms with Crippen LogP contribution in [0.3, 0.4) is 0 Å². The van der Waals surface area contributed by atoms with Gasteiger partial charge in [-0.15, -0.1) is 0 Å². The van der Waals surface area contributed by atoms with Gasteiger partial charge in [-0.25, -0.2) is 4.89 Å². The lowest BCUT2D eigenvalue weighted by molar-refractivity contribution is -0.325. The van der Waals surface area contributed by atoms with E-state index < -0.39 is 11.7 Å². The van der Waals surface area contributed by atoms with Crippen LogP contribution in [0.4, 0.5) is 0 Å². The summed E-state index contributed by atoms with van der Waals surface area (Å²) in [5.74, 6) is 0. The molecule has 1 aromatic rings. The monoisotopic (exact) mass is 208 g/mol. The van der Waals surface area contributed by atoms with E-state index in [0.29, 0.717) is 12.8 Å². The van der Waals surface area contributed by atoms with Gasteiger partial charge in [0.05, 0.1) is 0 Å². The van der Waals surface area contributed by atoms with Crippen LogP contribution in [-0.4, -0.2) is 16.5 Å². The molecule has 1 aliphatic rings. The zero-order chi connectivity index (χ0) is 10.7. The van der Waals surface area contributed by atoms with Crippen molar-refractivity contribution in [2.75, 3.05) is 0 Å². The maximum absolute atomic E-state index is 10.5. The molecule has 82 valence electrons. The molecule has 0 aliphatic heterocycles. The Morgan fingerprint density at radius 1 is 1.20 bits per heavy atom. The van der Waals surface area contributed by atoms with E-state index in [4.69, 9.17) is 5.26 Å². The molecule has 0 radical (unpaired) electrons. The molecule has 1 aliphatic carbocycles. The molecule has 2 N–H and O–H groups in total. The summed E-state index contributed by atoms with van der Waals surface area (Å²) in [5.41, 5.74) is -0.211. The molecule has 0 bridgehead atoms. The fraction of sp³-hybridized carbons (Fsp3) is 0.500. The van der Waals surface area contributed by atoms with Gasteiger partial charge in [0.15, 0.2) is 0 Å². The van der Waals surface area contributed by atoms with Crippen LogP contribution in [0.5, 0.6) is 0 Å². The molecule has 3 heteroatoms. The molecular formula is C12H16O3. The predicted molar refractivity (Wildman–Crippen MR) is 56.3 cm³/mol. The van der Waals surface area contributed by atoms with E-state index >= 15 is 0 Å². The zero-order valence-electron chi connectivity index (χ0n) is 8.60. The quantitative estimate of drug-likeness (QED) is 0.579. The van der Waals surface area contributed by atoms with Crippen LogP contribution < -0.4 is 0 Å². The Labute approximate surface area is 89.2 Å². The SMILES string of the molecule is OOC1CCCCC1(O)c1ccccc1. The number of benzene rings is 1. The summed E-state index contributed by atoms with van der Waals surface area (Å²) in [5, 5.41) is 19.3. The molecule has 0 amide bonds. The second-order valence-corrected chi connectivity index (χ2v) is 4.13. The lowest BCUT2D eigenvalue weighted by Gasteiger charge is -2.38. The van der Waals surface area contributed by atoms with Crippen molar-refractivity contribution in [3.8, 4) is 0 Å². The minimum absolute atomic E-state index is 0.506. The second-order valence-electron chi connectivity index (χ2n) is 4.13. The molecule has 3 nitrogen and oxygen atoms in total. The smallest absolute Gasteiger partial charge is 0.125 e. The Bertz CT molecular complexity index is 312. The molecule has 15 heavy (non-hydrogen) atoms. The summed E-state index contributed by atoms with van der Waals surface area (Å²) >= 11 is 0. The molecule has 2 atom stereocenters. The van der Waals surface area contributed by atoms with Crippen molar-refractivity contribution >= 4 is 0 Å². The van der Waals surface area contributed by atoms with E-state index in [2.05, 4.69) is 4.89 Å². The molecule has 0 saturated heterocycles. The standard InChI is InChI=1S/C12H16O3/c13-12(10-6-2-1-3-7-10)9-5-4-8-11(12)15-14/h1-3,6-7,11,13-14H,4-5,8-9H2. The van der Waals surface area contributed by atoms with Crippen LogP contribution in [-0.2, 0) is 10.5 Å². The first-order valence-electron chi connectivity index (χ1n) is 5.35. The van der Waals surface area contributed by atoms with E-state index in [1.54, 1.807) is 0 Å². The minimum Gasteiger partial charge on any atom is -0.382 e. The second kappa shape index (κ2) is 4.31. The van der Waals surface area contributed by atoms with Gasteiger partial charge in [-0.05, 0) is 18.4 Å². The first-order chi connectivity index (χ1) is 7.27. The highest BCUT2D eigenvalue weighted by Crippen LogP contribution is 2.38. The van der Waals surface area contributed by atoms with Gasteiger partial charge in [0.25, 0.3) is 0 Å². The van der Waals surface area contributed by atoms with E-state index in [9.17, 15) is 5.11 Å². The molecule has 1 aromatic carbocycles. The Balaban J connectivity index is 2.30. The van der Waals surface area contributed by atoms with Crippen molar-refractivity contribution in [2.24, 2.45) is 0 Å². The number of hydrogen-bond donors (Lipinski definition) is 2. The first-order valence-corrected chi connectivity index (χ1v) is 5.35. The van der Waals surface area contributed by atoms with E-state index in [1.807, 2.05) is 30.3 Å². The Morgan fingerprint density at radius 3 is 2.60 bits per heavy atom. The Morgan fingerprint density at radius 2 is 1.93 bits per heavy atom. The molecule has 0 aromatic heterocycles. The summed E-state index contributed by atoms with van der Waals surface area (Å²) in [6.07, 6.45) is 2.78. The molecule has 2 rings (SSSR count). The molecular weight excluding hydrogens is 192 g/mol. The largest absolute Gasteiger partial charge is 0.382 e. The highest BCUT2D eigenvalue weighted by Gasteiger charge is 2.41. The van der Waals surface area contributed by atoms with Gasteiger partial charge in [-0.1, -0.05) is 43.2 Å². The van der Waals surface area contributed by atoms with Crippen LogP contribution in [0.25, 0.3) is 0 Å². The molecule has 0 spiro atoms. The lowest BCUT2D eigenvalue weighted by Crippen LogP contribution is -2.43. The molecule has 1 fully saturated rings. The zero-order valence-corrected chi connectivity index (χ0v) is 8.60. The Hall–Kier alpha value is -0.900. The van der Waals surface area contributed by atoms with E-state index in [0.717, 1.165) is 18.4 Å². The molecule has 1 saturated carbocycles. The van der Waals surface area contributed by atoms with Gasteiger partial charge in [0.1, 0.15) is 11.7 Å². The number of rotatable bonds is 2. The van der Waals surface area contributed by atoms with Crippen molar-refractivity contribution in [3.63, 3.8) is 0 Å². The van der Waals surface area contributed by atoms with Crippen LogP contribution in [0.15, 0.2) is 30.3 Å². The van der Waals surface area contributed by atoms with Gasteiger partial charge in [-0.2, -0.15) is 0 Å². The lowest BCUT2D eigenvalue weighted by atomic mass is 9.77. The topological polar surface area (TPSA) is 49.7 Å². The van der Waals surface area contributed by atoms with Crippen LogP contribution in [0, 0.1) is 0 Å². The summed E-state index contributed by atoms with van der Waals surface area (Å²) in [6.45, 7) is 0. The van der Waals surface area contributed by atoms with Crippen LogP contribution >= 0.6 is 0 Å². The number of hydrogen-bond acceptors (Lipinski definition) is 3. The van der Waals surface area contributed by atoms with Crippen LogP contribution in [0.1, 0.15) is 31.2 Å². The van der Waals surface area contributed by atoms with Crippen LogP contribution in [0.2, 0.25) is 0 Å². The van der Waals surface area contributed by atoms with Crippen molar-refractivity contribution in [1.29, 1.82) is 0 Å². The van der Waals surface area contributed by atoms with Crippen molar-refractivity contribution < 1.29 is 15.3 Å². The average molecular weight is 208 g/mol. The molecule has 2 unspecified atom stereocenters. The van der Waals surface area contributed by atoms with Gasteiger partial charge in [0, 0.05) is 0 Å². The highest BCUT2D eigenvalue weighted by atomic mass is 17.1. The normalized spacial score (nSPS) is 31.5. The van der Waals surface area contributed by atoms with E-state index in [-0.39, 0.29) is 0 Å².